The molecule has 0 amide bonds. The van der Waals surface area contributed by atoms with Gasteiger partial charge in [-0.25, -0.2) is 4.98 Å². The van der Waals surface area contributed by atoms with Crippen molar-refractivity contribution in [1.82, 2.24) is 4.98 Å². The minimum Gasteiger partial charge on any atom is -0.487 e. The van der Waals surface area contributed by atoms with E-state index < -0.39 is 0 Å². The molecule has 0 radical (unpaired) electrons. The number of nitrogens with zero attached hydrogens (tertiary/aromatic N) is 1. The van der Waals surface area contributed by atoms with E-state index in [1.54, 1.807) is 0 Å². The molecule has 0 aliphatic rings. The van der Waals surface area contributed by atoms with Crippen molar-refractivity contribution in [2.45, 2.75) is 27.4 Å². The molecule has 0 bridgehead atoms. The second-order valence-electron chi connectivity index (χ2n) is 4.77. The van der Waals surface area contributed by atoms with Gasteiger partial charge in [-0.05, 0) is 56.2 Å². The SMILES string of the molecule is CCNc1ccc(Cl)c(COc2cc(C)cc(C)c2)n1. The normalized spacial score (nSPS) is 10.4. The van der Waals surface area contributed by atoms with Crippen LogP contribution in [0.25, 0.3) is 0 Å². The Bertz CT molecular complexity index is 579. The Morgan fingerprint density at radius 1 is 1.15 bits per heavy atom. The van der Waals surface area contributed by atoms with Crippen molar-refractivity contribution in [3.63, 3.8) is 0 Å². The highest BCUT2D eigenvalue weighted by atomic mass is 35.5. The fraction of sp³-hybridized carbons (Fsp3) is 0.312. The maximum atomic E-state index is 6.15. The van der Waals surface area contributed by atoms with Crippen molar-refractivity contribution in [3.05, 3.63) is 52.2 Å². The van der Waals surface area contributed by atoms with E-state index in [-0.39, 0.29) is 0 Å². The highest BCUT2D eigenvalue weighted by Crippen LogP contribution is 2.21. The maximum Gasteiger partial charge on any atom is 0.132 e. The van der Waals surface area contributed by atoms with Gasteiger partial charge in [0.05, 0.1) is 10.7 Å². The zero-order valence-electron chi connectivity index (χ0n) is 12.0. The van der Waals surface area contributed by atoms with Crippen LogP contribution in [-0.2, 0) is 6.61 Å². The Labute approximate surface area is 124 Å². The van der Waals surface area contributed by atoms with Gasteiger partial charge in [0.15, 0.2) is 0 Å². The summed E-state index contributed by atoms with van der Waals surface area (Å²) in [5.41, 5.74) is 3.10. The van der Waals surface area contributed by atoms with Crippen molar-refractivity contribution in [1.29, 1.82) is 0 Å². The van der Waals surface area contributed by atoms with E-state index in [0.29, 0.717) is 11.6 Å². The molecular weight excluding hydrogens is 272 g/mol. The monoisotopic (exact) mass is 290 g/mol. The summed E-state index contributed by atoms with van der Waals surface area (Å²) in [5, 5.41) is 3.79. The van der Waals surface area contributed by atoms with Crippen LogP contribution in [-0.4, -0.2) is 11.5 Å². The third-order valence-corrected chi connectivity index (χ3v) is 3.19. The number of nitrogens with one attached hydrogen (secondary N) is 1. The van der Waals surface area contributed by atoms with Crippen molar-refractivity contribution >= 4 is 17.4 Å². The minimum atomic E-state index is 0.362. The first kappa shape index (κ1) is 14.7. The molecule has 106 valence electrons. The lowest BCUT2D eigenvalue weighted by Gasteiger charge is -2.10. The predicted octanol–water partition coefficient (Wildman–Crippen LogP) is 4.36. The van der Waals surface area contributed by atoms with E-state index in [0.717, 1.165) is 23.8 Å². The number of rotatable bonds is 5. The lowest BCUT2D eigenvalue weighted by molar-refractivity contribution is 0.301. The van der Waals surface area contributed by atoms with Gasteiger partial charge in [0.1, 0.15) is 18.2 Å². The van der Waals surface area contributed by atoms with Crippen LogP contribution in [0, 0.1) is 13.8 Å². The molecule has 20 heavy (non-hydrogen) atoms. The second kappa shape index (κ2) is 6.62. The van der Waals surface area contributed by atoms with Crippen molar-refractivity contribution in [3.8, 4) is 5.75 Å². The van der Waals surface area contributed by atoms with Crippen LogP contribution in [0.2, 0.25) is 5.02 Å². The molecule has 1 heterocycles. The molecule has 4 heteroatoms. The Kier molecular flexibility index (Phi) is 4.85. The summed E-state index contributed by atoms with van der Waals surface area (Å²) in [4.78, 5) is 4.45. The number of hydrogen-bond acceptors (Lipinski definition) is 3. The molecule has 0 unspecified atom stereocenters. The number of aryl methyl sites for hydroxylation is 2. The van der Waals surface area contributed by atoms with Gasteiger partial charge in [0.2, 0.25) is 0 Å². The molecule has 0 saturated heterocycles. The van der Waals surface area contributed by atoms with Crippen LogP contribution in [0.15, 0.2) is 30.3 Å². The van der Waals surface area contributed by atoms with E-state index in [4.69, 9.17) is 16.3 Å². The van der Waals surface area contributed by atoms with Crippen LogP contribution in [0.4, 0.5) is 5.82 Å². The quantitative estimate of drug-likeness (QED) is 0.888. The number of aromatic nitrogens is 1. The fourth-order valence-corrected chi connectivity index (χ4v) is 2.19. The summed E-state index contributed by atoms with van der Waals surface area (Å²) < 4.78 is 5.79. The van der Waals surface area contributed by atoms with Gasteiger partial charge in [0, 0.05) is 6.54 Å². The number of hydrogen-bond donors (Lipinski definition) is 1. The first-order valence-electron chi connectivity index (χ1n) is 6.69. The Morgan fingerprint density at radius 2 is 1.85 bits per heavy atom. The van der Waals surface area contributed by atoms with Gasteiger partial charge < -0.3 is 10.1 Å². The highest BCUT2D eigenvalue weighted by molar-refractivity contribution is 6.31. The summed E-state index contributed by atoms with van der Waals surface area (Å²) in [6.45, 7) is 7.32. The predicted molar refractivity (Wildman–Crippen MR) is 83.7 cm³/mol. The summed E-state index contributed by atoms with van der Waals surface area (Å²) in [6, 6.07) is 9.84. The fourth-order valence-electron chi connectivity index (χ4n) is 2.03. The van der Waals surface area contributed by atoms with E-state index in [2.05, 4.69) is 30.2 Å². The topological polar surface area (TPSA) is 34.1 Å². The molecule has 0 aliphatic carbocycles. The minimum absolute atomic E-state index is 0.362. The van der Waals surface area contributed by atoms with E-state index in [1.165, 1.54) is 11.1 Å². The van der Waals surface area contributed by atoms with Gasteiger partial charge in [-0.2, -0.15) is 0 Å². The molecule has 2 aromatic rings. The first-order valence-corrected chi connectivity index (χ1v) is 7.06. The van der Waals surface area contributed by atoms with Gasteiger partial charge in [0.25, 0.3) is 0 Å². The summed E-state index contributed by atoms with van der Waals surface area (Å²) in [6.07, 6.45) is 0. The Morgan fingerprint density at radius 3 is 2.50 bits per heavy atom. The zero-order chi connectivity index (χ0) is 14.5. The Balaban J connectivity index is 2.11. The van der Waals surface area contributed by atoms with Crippen LogP contribution in [0.1, 0.15) is 23.7 Å². The summed E-state index contributed by atoms with van der Waals surface area (Å²) in [7, 11) is 0. The van der Waals surface area contributed by atoms with Crippen LogP contribution in [0.3, 0.4) is 0 Å². The first-order chi connectivity index (χ1) is 9.58. The number of pyridine rings is 1. The number of anilines is 1. The third kappa shape index (κ3) is 3.87. The number of benzene rings is 1. The van der Waals surface area contributed by atoms with Crippen molar-refractivity contribution < 1.29 is 4.74 Å². The highest BCUT2D eigenvalue weighted by Gasteiger charge is 2.05. The Hall–Kier alpha value is -1.74. The molecule has 0 spiro atoms. The number of halogens is 1. The van der Waals surface area contributed by atoms with Crippen LogP contribution in [0.5, 0.6) is 5.75 Å². The standard InChI is InChI=1S/C16H19ClN2O/c1-4-18-16-6-5-14(17)15(19-16)10-20-13-8-11(2)7-12(3)9-13/h5-9H,4,10H2,1-3H3,(H,18,19). The summed E-state index contributed by atoms with van der Waals surface area (Å²) >= 11 is 6.15. The second-order valence-corrected chi connectivity index (χ2v) is 5.17. The van der Waals surface area contributed by atoms with Gasteiger partial charge in [-0.1, -0.05) is 17.7 Å². The molecule has 0 fully saturated rings. The molecule has 1 aromatic heterocycles. The number of ether oxygens (including phenoxy) is 1. The smallest absolute Gasteiger partial charge is 0.132 e. The van der Waals surface area contributed by atoms with E-state index in [9.17, 15) is 0 Å². The average Bonchev–Trinajstić information content (AvgIpc) is 2.38. The largest absolute Gasteiger partial charge is 0.487 e. The summed E-state index contributed by atoms with van der Waals surface area (Å²) in [5.74, 6) is 1.66. The third-order valence-electron chi connectivity index (χ3n) is 2.85. The van der Waals surface area contributed by atoms with Gasteiger partial charge >= 0.3 is 0 Å². The molecule has 1 N–H and O–H groups in total. The van der Waals surface area contributed by atoms with E-state index in [1.807, 2.05) is 31.2 Å². The van der Waals surface area contributed by atoms with Crippen molar-refractivity contribution in [2.24, 2.45) is 0 Å². The molecule has 2 rings (SSSR count). The molecule has 3 nitrogen and oxygen atoms in total. The van der Waals surface area contributed by atoms with Gasteiger partial charge in [-0.3, -0.25) is 0 Å². The molecular formula is C16H19ClN2O. The van der Waals surface area contributed by atoms with E-state index >= 15 is 0 Å². The molecule has 0 atom stereocenters. The van der Waals surface area contributed by atoms with Crippen LogP contribution < -0.4 is 10.1 Å². The van der Waals surface area contributed by atoms with Crippen molar-refractivity contribution in [2.75, 3.05) is 11.9 Å². The maximum absolute atomic E-state index is 6.15. The molecule has 0 aliphatic heterocycles. The average molecular weight is 291 g/mol. The van der Waals surface area contributed by atoms with Gasteiger partial charge in [-0.15, -0.1) is 0 Å². The van der Waals surface area contributed by atoms with Crippen LogP contribution >= 0.6 is 11.6 Å². The molecule has 1 aromatic carbocycles. The lowest BCUT2D eigenvalue weighted by Crippen LogP contribution is -2.04. The zero-order valence-corrected chi connectivity index (χ0v) is 12.8. The lowest BCUT2D eigenvalue weighted by atomic mass is 10.1. The molecule has 0 saturated carbocycles.